The molecule has 17 nitrogen and oxygen atoms in total. The third kappa shape index (κ3) is 53.0. The molecule has 506 valence electrons. The molecule has 0 spiro atoms. The highest BCUT2D eigenvalue weighted by Crippen LogP contribution is 2.31. The average Bonchev–Trinajstić information content (AvgIpc) is 3.54. The van der Waals surface area contributed by atoms with Crippen molar-refractivity contribution >= 4 is 82.7 Å². The summed E-state index contributed by atoms with van der Waals surface area (Å²) >= 11 is 0. The van der Waals surface area contributed by atoms with E-state index in [1.54, 1.807) is 21.3 Å². The second-order valence-electron chi connectivity index (χ2n) is 27.9. The van der Waals surface area contributed by atoms with Gasteiger partial charge in [0.05, 0.1) is 6.61 Å². The Morgan fingerprint density at radius 3 is 1.24 bits per heavy atom. The van der Waals surface area contributed by atoms with Gasteiger partial charge in [0.15, 0.2) is 49.9 Å². The Morgan fingerprint density at radius 2 is 0.824 bits per heavy atom. The van der Waals surface area contributed by atoms with Crippen molar-refractivity contribution in [2.45, 2.75) is 279 Å². The van der Waals surface area contributed by atoms with Crippen LogP contribution in [-0.4, -0.2) is 155 Å². The lowest BCUT2D eigenvalue weighted by Gasteiger charge is -2.40. The number of aliphatic hydroxyl groups is 1. The van der Waals surface area contributed by atoms with E-state index >= 15 is 0 Å². The predicted molar refractivity (Wildman–Crippen MR) is 375 cm³/mol. The van der Waals surface area contributed by atoms with E-state index in [0.717, 1.165) is 77.1 Å². The third-order valence-electron chi connectivity index (χ3n) is 11.8. The number of hydrogen-bond acceptors (Lipinski definition) is 16. The van der Waals surface area contributed by atoms with Gasteiger partial charge in [0.2, 0.25) is 5.91 Å². The number of ether oxygens (including phenoxy) is 2. The molecule has 0 radical (unpaired) electrons. The maximum atomic E-state index is 11.7. The van der Waals surface area contributed by atoms with Crippen LogP contribution in [0.15, 0.2) is 24.3 Å². The molecule has 85 heavy (non-hydrogen) atoms. The first kappa shape index (κ1) is 86.8. The summed E-state index contributed by atoms with van der Waals surface area (Å²) in [7, 11) is -15.9. The second kappa shape index (κ2) is 45.9. The van der Waals surface area contributed by atoms with E-state index in [0.29, 0.717) is 37.8 Å². The third-order valence-corrected chi connectivity index (χ3v) is 36.2. The van der Waals surface area contributed by atoms with Crippen molar-refractivity contribution in [3.05, 3.63) is 24.3 Å². The van der Waals surface area contributed by atoms with Crippen LogP contribution in [-0.2, 0) is 51.9 Å². The van der Waals surface area contributed by atoms with E-state index in [-0.39, 0.29) is 5.91 Å². The zero-order chi connectivity index (χ0) is 65.3. The Balaban J connectivity index is 0. The molecule has 3 N–H and O–H groups in total. The molecule has 1 amide bonds. The first-order valence-corrected chi connectivity index (χ1v) is 58.2. The fraction of sp³-hybridized carbons (Fsp3) is 0.881. The maximum absolute atomic E-state index is 11.7. The SMILES string of the molecule is CCCCCCNC(=O)CCCCC(O)NCC[Si](OC)(OC)OC.CCCCCCOCCCCCCO[Si](O[Si](C)(C)C)(O[Si](C)(C)C)O[Si](C)(C)C.CCCCCCOc1ccc(O[Si](O[Si](C)(C)C)(O[Si](C)(C)C)O[Si](C)(C)C)cc1. The van der Waals surface area contributed by atoms with Crippen molar-refractivity contribution in [3.8, 4) is 11.5 Å². The van der Waals surface area contributed by atoms with Crippen LogP contribution in [0, 0.1) is 0 Å². The topological polar surface area (TPSA) is 181 Å². The fourth-order valence-corrected chi connectivity index (χ4v) is 33.0. The molecule has 0 saturated heterocycles. The smallest absolute Gasteiger partial charge is 0.494 e. The van der Waals surface area contributed by atoms with Crippen molar-refractivity contribution < 1.29 is 66.2 Å². The summed E-state index contributed by atoms with van der Waals surface area (Å²) in [6, 6.07) is 8.35. The highest BCUT2D eigenvalue weighted by molar-refractivity contribution is 6.89. The molecule has 0 saturated carbocycles. The van der Waals surface area contributed by atoms with E-state index in [1.807, 2.05) is 24.3 Å². The van der Waals surface area contributed by atoms with Gasteiger partial charge in [0.25, 0.3) is 0 Å². The van der Waals surface area contributed by atoms with Gasteiger partial charge in [-0.2, -0.15) is 0 Å². The number of unbranched alkanes of at least 4 members (excludes halogenated alkanes) is 13. The molecule has 0 bridgehead atoms. The van der Waals surface area contributed by atoms with Gasteiger partial charge in [0.1, 0.15) is 17.7 Å². The normalized spacial score (nSPS) is 13.4. The van der Waals surface area contributed by atoms with Crippen LogP contribution >= 0.6 is 0 Å². The number of aliphatic hydroxyl groups excluding tert-OH is 1. The van der Waals surface area contributed by atoms with Gasteiger partial charge in [0, 0.05) is 66.7 Å². The van der Waals surface area contributed by atoms with E-state index < -0.39 is 83.0 Å². The Labute approximate surface area is 532 Å². The summed E-state index contributed by atoms with van der Waals surface area (Å²) in [6.45, 7) is 50.1. The molecule has 0 aromatic heterocycles. The van der Waals surface area contributed by atoms with Crippen LogP contribution in [0.2, 0.25) is 124 Å². The Hall–Kier alpha value is -0.278. The number of hydrogen-bond donors (Lipinski definition) is 3. The second-order valence-corrected chi connectivity index (χ2v) is 63.7. The summed E-state index contributed by atoms with van der Waals surface area (Å²) < 4.78 is 79.7. The van der Waals surface area contributed by atoms with Gasteiger partial charge in [-0.1, -0.05) is 91.4 Å². The zero-order valence-corrected chi connectivity index (χ0v) is 68.1. The standard InChI is InChI=1S/C21H44O5Si4.C21H52O5Si4.C17H38N2O5Si/c1-11-12-13-14-19-22-20-15-17-21(18-16-20)23-30(24-27(2,3)4,25-28(5,6)7)26-29(8,9)10;1-11-12-13-16-19-22-20-17-14-15-18-21-23-30(24-27(2,3)4,25-28(5,6)7)26-29(8,9)10;1-5-6-7-10-13-18-16(20)11-8-9-12-17(21)19-14-15-25(22-2,23-3)24-4/h15-18H,11-14,19H2,1-10H3;11-21H2,1-10H3;17,19,21H,5-15H2,1-4H3,(H,18,20). The largest absolute Gasteiger partial charge is 0.717 e. The van der Waals surface area contributed by atoms with Crippen LogP contribution in [0.25, 0.3) is 0 Å². The molecular weight excluding hydrogens is 1230 g/mol. The summed E-state index contributed by atoms with van der Waals surface area (Å²) in [5.74, 6) is 1.67. The van der Waals surface area contributed by atoms with Crippen LogP contribution in [0.4, 0.5) is 0 Å². The lowest BCUT2D eigenvalue weighted by Crippen LogP contribution is -2.64. The molecule has 1 unspecified atom stereocenters. The number of benzene rings is 1. The van der Waals surface area contributed by atoms with Crippen molar-refractivity contribution in [1.82, 2.24) is 10.6 Å². The van der Waals surface area contributed by atoms with Crippen LogP contribution in [0.1, 0.15) is 149 Å². The lowest BCUT2D eigenvalue weighted by atomic mass is 10.1. The summed E-state index contributed by atoms with van der Waals surface area (Å²) in [5.41, 5.74) is 0. The molecule has 1 aromatic rings. The first-order valence-electron chi connectivity index (χ1n) is 32.5. The van der Waals surface area contributed by atoms with Gasteiger partial charge in [-0.05, 0) is 193 Å². The molecule has 1 atom stereocenters. The van der Waals surface area contributed by atoms with Gasteiger partial charge in [-0.3, -0.25) is 10.1 Å². The molecule has 1 aromatic carbocycles. The molecule has 0 heterocycles. The zero-order valence-electron chi connectivity index (χ0n) is 59.1. The molecule has 26 heteroatoms. The van der Waals surface area contributed by atoms with Crippen molar-refractivity contribution in [1.29, 1.82) is 0 Å². The van der Waals surface area contributed by atoms with Gasteiger partial charge in [-0.25, -0.2) is 0 Å². The van der Waals surface area contributed by atoms with Crippen LogP contribution in [0.5, 0.6) is 11.5 Å². The molecule has 0 fully saturated rings. The minimum atomic E-state index is -3.36. The monoisotopic (exact) mass is 1360 g/mol. The Kier molecular flexibility index (Phi) is 46.9. The molecule has 1 rings (SSSR count). The number of nitrogens with one attached hydrogen (secondary N) is 2. The summed E-state index contributed by atoms with van der Waals surface area (Å²) in [6.07, 6.45) is 21.1. The fourth-order valence-electron chi connectivity index (χ4n) is 8.12. The molecular formula is C59H134N2O15Si9. The van der Waals surface area contributed by atoms with E-state index in [9.17, 15) is 9.90 Å². The summed E-state index contributed by atoms with van der Waals surface area (Å²) in [5, 5.41) is 15.9. The first-order chi connectivity index (χ1) is 39.3. The molecule has 0 aliphatic heterocycles. The molecule has 0 aliphatic carbocycles. The van der Waals surface area contributed by atoms with Gasteiger partial charge < -0.3 is 66.7 Å². The average molecular weight is 1360 g/mol. The van der Waals surface area contributed by atoms with E-state index in [4.69, 9.17) is 56.3 Å². The van der Waals surface area contributed by atoms with Crippen LogP contribution < -0.4 is 19.8 Å². The highest BCUT2D eigenvalue weighted by Gasteiger charge is 2.56. The Bertz CT molecular complexity index is 1690. The number of carbonyl (C=O) groups is 1. The van der Waals surface area contributed by atoms with Crippen molar-refractivity contribution in [2.24, 2.45) is 0 Å². The predicted octanol–water partition coefficient (Wildman–Crippen LogP) is 16.2. The van der Waals surface area contributed by atoms with Crippen molar-refractivity contribution in [2.75, 3.05) is 60.8 Å². The van der Waals surface area contributed by atoms with Gasteiger partial charge >= 0.3 is 26.9 Å². The number of rotatable bonds is 50. The minimum absolute atomic E-state index is 0.106. The van der Waals surface area contributed by atoms with E-state index in [1.165, 1.54) is 70.6 Å². The van der Waals surface area contributed by atoms with E-state index in [2.05, 4.69) is 149 Å². The maximum Gasteiger partial charge on any atom is 0.717 e. The highest BCUT2D eigenvalue weighted by atomic mass is 28.5. The summed E-state index contributed by atoms with van der Waals surface area (Å²) in [4.78, 5) is 11.7. The van der Waals surface area contributed by atoms with Crippen molar-refractivity contribution in [3.63, 3.8) is 0 Å². The minimum Gasteiger partial charge on any atom is -0.494 e. The van der Waals surface area contributed by atoms with Crippen LogP contribution in [0.3, 0.4) is 0 Å². The quantitative estimate of drug-likeness (QED) is 0.0318. The van der Waals surface area contributed by atoms with Gasteiger partial charge in [-0.15, -0.1) is 0 Å². The Morgan fingerprint density at radius 1 is 0.447 bits per heavy atom. The molecule has 0 aliphatic rings. The number of amides is 1. The lowest BCUT2D eigenvalue weighted by molar-refractivity contribution is -0.121. The number of carbonyl (C=O) groups excluding carboxylic acids is 1.